The first-order chi connectivity index (χ1) is 8.99. The van der Waals surface area contributed by atoms with E-state index in [1.807, 2.05) is 0 Å². The second-order valence-corrected chi connectivity index (χ2v) is 6.13. The highest BCUT2D eigenvalue weighted by molar-refractivity contribution is 9.11. The number of carbonyl (C=O) groups excluding carboxylic acids is 1. The number of benzene rings is 1. The van der Waals surface area contributed by atoms with Crippen LogP contribution < -0.4 is 5.32 Å². The second-order valence-electron chi connectivity index (χ2n) is 3.58. The monoisotopic (exact) mass is 403 g/mol. The number of amides is 1. The van der Waals surface area contributed by atoms with E-state index in [4.69, 9.17) is 5.11 Å². The van der Waals surface area contributed by atoms with E-state index in [0.29, 0.717) is 14.5 Å². The molecule has 0 aliphatic rings. The molecule has 7 heteroatoms. The Morgan fingerprint density at radius 1 is 1.26 bits per heavy atom. The lowest BCUT2D eigenvalue weighted by atomic mass is 10.1. The molecule has 0 spiro atoms. The molecule has 0 radical (unpaired) electrons. The molecule has 1 amide bonds. The predicted octanol–water partition coefficient (Wildman–Crippen LogP) is 4.22. The zero-order valence-electron chi connectivity index (χ0n) is 9.31. The van der Waals surface area contributed by atoms with Crippen LogP contribution in [0, 0.1) is 0 Å². The van der Waals surface area contributed by atoms with Gasteiger partial charge in [-0.1, -0.05) is 15.9 Å². The van der Waals surface area contributed by atoms with E-state index in [1.165, 1.54) is 17.4 Å². The van der Waals surface area contributed by atoms with Crippen molar-refractivity contribution in [1.82, 2.24) is 0 Å². The molecule has 4 nitrogen and oxygen atoms in total. The number of nitrogens with one attached hydrogen (secondary N) is 1. The number of hydrogen-bond acceptors (Lipinski definition) is 3. The van der Waals surface area contributed by atoms with Crippen molar-refractivity contribution in [1.29, 1.82) is 0 Å². The van der Waals surface area contributed by atoms with Gasteiger partial charge >= 0.3 is 5.97 Å². The summed E-state index contributed by atoms with van der Waals surface area (Å²) < 4.78 is 1.12. The largest absolute Gasteiger partial charge is 0.478 e. The van der Waals surface area contributed by atoms with Gasteiger partial charge in [0.05, 0.1) is 16.8 Å². The number of hydrogen-bond donors (Lipinski definition) is 2. The van der Waals surface area contributed by atoms with Crippen LogP contribution in [-0.2, 0) is 0 Å². The summed E-state index contributed by atoms with van der Waals surface area (Å²) in [6.07, 6.45) is 0. The molecule has 1 aromatic carbocycles. The maximum absolute atomic E-state index is 12.0. The van der Waals surface area contributed by atoms with Gasteiger partial charge in [-0.3, -0.25) is 4.79 Å². The predicted molar refractivity (Wildman–Crippen MR) is 81.1 cm³/mol. The molecule has 2 N–H and O–H groups in total. The summed E-state index contributed by atoms with van der Waals surface area (Å²) in [4.78, 5) is 23.2. The molecule has 0 saturated heterocycles. The molecule has 98 valence electrons. The SMILES string of the molecule is O=C(Nc1c(Br)cc(Br)cc1C(=O)O)c1ccsc1. The van der Waals surface area contributed by atoms with Gasteiger partial charge in [0.25, 0.3) is 5.91 Å². The normalized spacial score (nSPS) is 10.2. The van der Waals surface area contributed by atoms with Crippen molar-refractivity contribution in [3.63, 3.8) is 0 Å². The van der Waals surface area contributed by atoms with Gasteiger partial charge in [-0.05, 0) is 39.5 Å². The summed E-state index contributed by atoms with van der Waals surface area (Å²) >= 11 is 7.87. The minimum absolute atomic E-state index is 0.0184. The molecular formula is C12H7Br2NO3S. The van der Waals surface area contributed by atoms with Crippen LogP contribution in [0.25, 0.3) is 0 Å². The molecular weight excluding hydrogens is 398 g/mol. The average molecular weight is 405 g/mol. The molecule has 0 fully saturated rings. The van der Waals surface area contributed by atoms with E-state index < -0.39 is 5.97 Å². The fraction of sp³-hybridized carbons (Fsp3) is 0. The van der Waals surface area contributed by atoms with Crippen molar-refractivity contribution in [2.45, 2.75) is 0 Å². The van der Waals surface area contributed by atoms with E-state index >= 15 is 0 Å². The smallest absolute Gasteiger partial charge is 0.337 e. The Kier molecular flexibility index (Phi) is 4.38. The van der Waals surface area contributed by atoms with Crippen LogP contribution in [0.1, 0.15) is 20.7 Å². The molecule has 1 heterocycles. The van der Waals surface area contributed by atoms with Gasteiger partial charge in [0.1, 0.15) is 0 Å². The van der Waals surface area contributed by atoms with Crippen LogP contribution in [-0.4, -0.2) is 17.0 Å². The minimum Gasteiger partial charge on any atom is -0.478 e. The minimum atomic E-state index is -1.11. The molecule has 19 heavy (non-hydrogen) atoms. The van der Waals surface area contributed by atoms with Crippen molar-refractivity contribution >= 4 is 60.8 Å². The van der Waals surface area contributed by atoms with E-state index in [0.717, 1.165) is 0 Å². The Hall–Kier alpha value is -1.18. The maximum atomic E-state index is 12.0. The highest BCUT2D eigenvalue weighted by Crippen LogP contribution is 2.31. The maximum Gasteiger partial charge on any atom is 0.337 e. The Morgan fingerprint density at radius 2 is 2.00 bits per heavy atom. The third-order valence-corrected chi connectivity index (χ3v) is 4.07. The van der Waals surface area contributed by atoms with Crippen LogP contribution in [0.2, 0.25) is 0 Å². The van der Waals surface area contributed by atoms with E-state index in [1.54, 1.807) is 22.9 Å². The van der Waals surface area contributed by atoms with Crippen LogP contribution in [0.5, 0.6) is 0 Å². The van der Waals surface area contributed by atoms with Gasteiger partial charge in [-0.25, -0.2) is 4.79 Å². The van der Waals surface area contributed by atoms with E-state index in [9.17, 15) is 9.59 Å². The van der Waals surface area contributed by atoms with Crippen LogP contribution in [0.15, 0.2) is 37.9 Å². The van der Waals surface area contributed by atoms with Crippen molar-refractivity contribution in [3.05, 3.63) is 49.0 Å². The quantitative estimate of drug-likeness (QED) is 0.804. The summed E-state index contributed by atoms with van der Waals surface area (Å²) in [6.45, 7) is 0. The molecule has 2 aromatic rings. The molecule has 0 saturated carbocycles. The number of carboxylic acid groups (broad SMARTS) is 1. The molecule has 0 aliphatic heterocycles. The molecule has 2 rings (SSSR count). The van der Waals surface area contributed by atoms with Crippen molar-refractivity contribution in [2.75, 3.05) is 5.32 Å². The van der Waals surface area contributed by atoms with Crippen molar-refractivity contribution < 1.29 is 14.7 Å². The number of halogens is 2. The number of aromatic carboxylic acids is 1. The van der Waals surface area contributed by atoms with Gasteiger partial charge in [0, 0.05) is 14.3 Å². The number of rotatable bonds is 3. The lowest BCUT2D eigenvalue weighted by molar-refractivity contribution is 0.0698. The Balaban J connectivity index is 2.39. The molecule has 0 bridgehead atoms. The summed E-state index contributed by atoms with van der Waals surface area (Å²) in [5, 5.41) is 15.3. The molecule has 0 unspecified atom stereocenters. The first-order valence-electron chi connectivity index (χ1n) is 5.05. The zero-order chi connectivity index (χ0) is 14.0. The highest BCUT2D eigenvalue weighted by Gasteiger charge is 2.17. The van der Waals surface area contributed by atoms with Gasteiger partial charge in [-0.2, -0.15) is 11.3 Å². The van der Waals surface area contributed by atoms with Gasteiger partial charge in [0.15, 0.2) is 0 Å². The van der Waals surface area contributed by atoms with Crippen molar-refractivity contribution in [2.24, 2.45) is 0 Å². The summed E-state index contributed by atoms with van der Waals surface area (Å²) in [6, 6.07) is 4.79. The fourth-order valence-electron chi connectivity index (χ4n) is 1.45. The zero-order valence-corrected chi connectivity index (χ0v) is 13.3. The van der Waals surface area contributed by atoms with Crippen LogP contribution in [0.4, 0.5) is 5.69 Å². The third kappa shape index (κ3) is 3.23. The lowest BCUT2D eigenvalue weighted by Gasteiger charge is -2.10. The Labute approximate surface area is 129 Å². The molecule has 0 aliphatic carbocycles. The summed E-state index contributed by atoms with van der Waals surface area (Å²) in [5.74, 6) is -1.45. The fourth-order valence-corrected chi connectivity index (χ4v) is 3.41. The molecule has 0 atom stereocenters. The van der Waals surface area contributed by atoms with E-state index in [-0.39, 0.29) is 17.2 Å². The van der Waals surface area contributed by atoms with Gasteiger partial charge in [0.2, 0.25) is 0 Å². The number of carbonyl (C=O) groups is 2. The number of thiophene rings is 1. The van der Waals surface area contributed by atoms with Crippen LogP contribution >= 0.6 is 43.2 Å². The highest BCUT2D eigenvalue weighted by atomic mass is 79.9. The summed E-state index contributed by atoms with van der Waals surface area (Å²) in [7, 11) is 0. The molecule has 1 aromatic heterocycles. The van der Waals surface area contributed by atoms with Crippen molar-refractivity contribution in [3.8, 4) is 0 Å². The van der Waals surface area contributed by atoms with Gasteiger partial charge in [-0.15, -0.1) is 0 Å². The standard InChI is InChI=1S/C12H7Br2NO3S/c13-7-3-8(12(17)18)10(9(14)4-7)15-11(16)6-1-2-19-5-6/h1-5H,(H,15,16)(H,17,18). The third-order valence-electron chi connectivity index (χ3n) is 2.31. The lowest BCUT2D eigenvalue weighted by Crippen LogP contribution is -2.14. The average Bonchev–Trinajstić information content (AvgIpc) is 2.85. The number of anilines is 1. The number of carboxylic acids is 1. The topological polar surface area (TPSA) is 66.4 Å². The summed E-state index contributed by atoms with van der Waals surface area (Å²) in [5.41, 5.74) is 0.757. The first kappa shape index (κ1) is 14.2. The van der Waals surface area contributed by atoms with Crippen LogP contribution in [0.3, 0.4) is 0 Å². The first-order valence-corrected chi connectivity index (χ1v) is 7.58. The Morgan fingerprint density at radius 3 is 2.58 bits per heavy atom. The van der Waals surface area contributed by atoms with Gasteiger partial charge < -0.3 is 10.4 Å². The Bertz CT molecular complexity index is 641. The van der Waals surface area contributed by atoms with E-state index in [2.05, 4.69) is 37.2 Å². The second kappa shape index (κ2) is 5.85.